The van der Waals surface area contributed by atoms with E-state index >= 15 is 0 Å². The van der Waals surface area contributed by atoms with Gasteiger partial charge in [-0.2, -0.15) is 0 Å². The zero-order valence-corrected chi connectivity index (χ0v) is 15.2. The van der Waals surface area contributed by atoms with Crippen LogP contribution >= 0.6 is 27.5 Å². The molecule has 1 saturated heterocycles. The third kappa shape index (κ3) is 4.77. The number of hydrogen-bond donors (Lipinski definition) is 0. The summed E-state index contributed by atoms with van der Waals surface area (Å²) >= 11 is 9.64. The van der Waals surface area contributed by atoms with Crippen LogP contribution in [0.2, 0.25) is 5.02 Å². The summed E-state index contributed by atoms with van der Waals surface area (Å²) in [4.78, 5) is 4.83. The summed E-state index contributed by atoms with van der Waals surface area (Å²) in [7, 11) is 0. The van der Waals surface area contributed by atoms with Crippen molar-refractivity contribution in [1.29, 1.82) is 0 Å². The maximum atomic E-state index is 13.1. The van der Waals surface area contributed by atoms with E-state index in [0.29, 0.717) is 5.02 Å². The molecule has 0 amide bonds. The average molecular weight is 398 g/mol. The van der Waals surface area contributed by atoms with Crippen LogP contribution in [0.4, 0.5) is 4.39 Å². The summed E-state index contributed by atoms with van der Waals surface area (Å²) in [5.74, 6) is -0.280. The molecular weight excluding hydrogens is 379 g/mol. The summed E-state index contributed by atoms with van der Waals surface area (Å²) in [6.45, 7) is 5.83. The standard InChI is InChI=1S/C18H19BrClFN2/c19-16-3-1-2-14(10-16)12-22-6-8-23(9-7-22)13-15-4-5-17(21)11-18(15)20/h1-5,10-11H,6-9,12-13H2. The van der Waals surface area contributed by atoms with Gasteiger partial charge in [-0.15, -0.1) is 0 Å². The zero-order valence-electron chi connectivity index (χ0n) is 12.8. The van der Waals surface area contributed by atoms with Crippen molar-refractivity contribution in [1.82, 2.24) is 9.80 Å². The lowest BCUT2D eigenvalue weighted by Gasteiger charge is -2.35. The van der Waals surface area contributed by atoms with Crippen LogP contribution in [0.1, 0.15) is 11.1 Å². The lowest BCUT2D eigenvalue weighted by molar-refractivity contribution is 0.122. The van der Waals surface area contributed by atoms with E-state index in [0.717, 1.165) is 49.3 Å². The topological polar surface area (TPSA) is 6.48 Å². The van der Waals surface area contributed by atoms with Gasteiger partial charge in [0.05, 0.1) is 0 Å². The second-order valence-electron chi connectivity index (χ2n) is 5.92. The van der Waals surface area contributed by atoms with Gasteiger partial charge in [0.25, 0.3) is 0 Å². The highest BCUT2D eigenvalue weighted by atomic mass is 79.9. The van der Waals surface area contributed by atoms with Crippen LogP contribution in [0, 0.1) is 5.82 Å². The zero-order chi connectivity index (χ0) is 16.2. The van der Waals surface area contributed by atoms with Gasteiger partial charge in [-0.25, -0.2) is 4.39 Å². The Morgan fingerprint density at radius 2 is 1.65 bits per heavy atom. The maximum absolute atomic E-state index is 13.1. The van der Waals surface area contributed by atoms with Crippen LogP contribution in [0.3, 0.4) is 0 Å². The number of rotatable bonds is 4. The van der Waals surface area contributed by atoms with E-state index in [-0.39, 0.29) is 5.82 Å². The van der Waals surface area contributed by atoms with Crippen molar-refractivity contribution in [2.24, 2.45) is 0 Å². The Balaban J connectivity index is 1.52. The van der Waals surface area contributed by atoms with Crippen LogP contribution in [0.5, 0.6) is 0 Å². The largest absolute Gasteiger partial charge is 0.297 e. The molecule has 0 spiro atoms. The van der Waals surface area contributed by atoms with Crippen LogP contribution in [0.25, 0.3) is 0 Å². The normalized spacial score (nSPS) is 16.7. The maximum Gasteiger partial charge on any atom is 0.124 e. The fourth-order valence-corrected chi connectivity index (χ4v) is 3.56. The number of halogens is 3. The molecule has 5 heteroatoms. The molecule has 23 heavy (non-hydrogen) atoms. The minimum atomic E-state index is -0.280. The molecule has 0 saturated carbocycles. The van der Waals surface area contributed by atoms with E-state index in [1.54, 1.807) is 6.07 Å². The number of benzene rings is 2. The summed E-state index contributed by atoms with van der Waals surface area (Å²) in [6, 6.07) is 13.1. The SMILES string of the molecule is Fc1ccc(CN2CCN(Cc3cccc(Br)c3)CC2)c(Cl)c1. The molecule has 0 bridgehead atoms. The average Bonchev–Trinajstić information content (AvgIpc) is 2.52. The van der Waals surface area contributed by atoms with E-state index in [1.807, 2.05) is 6.07 Å². The van der Waals surface area contributed by atoms with E-state index in [1.165, 1.54) is 17.7 Å². The molecule has 0 unspecified atom stereocenters. The Kier molecular flexibility index (Phi) is 5.70. The van der Waals surface area contributed by atoms with Crippen LogP contribution < -0.4 is 0 Å². The minimum absolute atomic E-state index is 0.280. The molecule has 2 nitrogen and oxygen atoms in total. The van der Waals surface area contributed by atoms with Crippen molar-refractivity contribution in [3.05, 3.63) is 68.9 Å². The summed E-state index contributed by atoms with van der Waals surface area (Å²) in [5, 5.41) is 0.515. The summed E-state index contributed by atoms with van der Waals surface area (Å²) < 4.78 is 14.2. The van der Waals surface area contributed by atoms with E-state index in [9.17, 15) is 4.39 Å². The highest BCUT2D eigenvalue weighted by Crippen LogP contribution is 2.20. The number of nitrogens with zero attached hydrogens (tertiary/aromatic N) is 2. The Morgan fingerprint density at radius 1 is 0.957 bits per heavy atom. The fraction of sp³-hybridized carbons (Fsp3) is 0.333. The molecule has 3 rings (SSSR count). The Morgan fingerprint density at radius 3 is 2.30 bits per heavy atom. The Hall–Kier alpha value is -0.940. The molecule has 1 heterocycles. The van der Waals surface area contributed by atoms with Gasteiger partial charge in [0.1, 0.15) is 5.82 Å². The molecule has 1 aliphatic heterocycles. The molecule has 2 aromatic rings. The first-order valence-electron chi connectivity index (χ1n) is 7.73. The van der Waals surface area contributed by atoms with Crippen molar-refractivity contribution in [2.75, 3.05) is 26.2 Å². The van der Waals surface area contributed by atoms with Crippen molar-refractivity contribution in [2.45, 2.75) is 13.1 Å². The quantitative estimate of drug-likeness (QED) is 0.746. The lowest BCUT2D eigenvalue weighted by Crippen LogP contribution is -2.45. The minimum Gasteiger partial charge on any atom is -0.297 e. The molecule has 0 atom stereocenters. The molecule has 0 aromatic heterocycles. The highest BCUT2D eigenvalue weighted by molar-refractivity contribution is 9.10. The molecule has 1 fully saturated rings. The summed E-state index contributed by atoms with van der Waals surface area (Å²) in [5.41, 5.74) is 2.32. The van der Waals surface area contributed by atoms with Gasteiger partial charge in [-0.3, -0.25) is 9.80 Å². The van der Waals surface area contributed by atoms with E-state index < -0.39 is 0 Å². The number of piperazine rings is 1. The molecule has 1 aliphatic rings. The fourth-order valence-electron chi connectivity index (χ4n) is 2.89. The van der Waals surface area contributed by atoms with Gasteiger partial charge < -0.3 is 0 Å². The van der Waals surface area contributed by atoms with Gasteiger partial charge in [-0.1, -0.05) is 45.7 Å². The van der Waals surface area contributed by atoms with Crippen LogP contribution in [-0.2, 0) is 13.1 Å². The molecule has 122 valence electrons. The molecule has 0 N–H and O–H groups in total. The second-order valence-corrected chi connectivity index (χ2v) is 7.24. The van der Waals surface area contributed by atoms with Crippen LogP contribution in [0.15, 0.2) is 46.9 Å². The van der Waals surface area contributed by atoms with Gasteiger partial charge in [0.15, 0.2) is 0 Å². The van der Waals surface area contributed by atoms with Crippen LogP contribution in [-0.4, -0.2) is 36.0 Å². The lowest BCUT2D eigenvalue weighted by atomic mass is 10.1. The monoisotopic (exact) mass is 396 g/mol. The third-order valence-electron chi connectivity index (χ3n) is 4.17. The van der Waals surface area contributed by atoms with E-state index in [4.69, 9.17) is 11.6 Å². The first-order chi connectivity index (χ1) is 11.1. The Labute approximate surface area is 150 Å². The van der Waals surface area contributed by atoms with E-state index in [2.05, 4.69) is 43.9 Å². The van der Waals surface area contributed by atoms with Crippen molar-refractivity contribution < 1.29 is 4.39 Å². The third-order valence-corrected chi connectivity index (χ3v) is 5.01. The second kappa shape index (κ2) is 7.75. The van der Waals surface area contributed by atoms with Gasteiger partial charge >= 0.3 is 0 Å². The highest BCUT2D eigenvalue weighted by Gasteiger charge is 2.18. The first-order valence-corrected chi connectivity index (χ1v) is 8.90. The van der Waals surface area contributed by atoms with Crippen molar-refractivity contribution in [3.8, 4) is 0 Å². The molecule has 2 aromatic carbocycles. The van der Waals surface area contributed by atoms with Crippen molar-refractivity contribution >= 4 is 27.5 Å². The predicted octanol–water partition coefficient (Wildman–Crippen LogP) is 4.56. The van der Waals surface area contributed by atoms with Crippen molar-refractivity contribution in [3.63, 3.8) is 0 Å². The van der Waals surface area contributed by atoms with Gasteiger partial charge in [0.2, 0.25) is 0 Å². The molecule has 0 aliphatic carbocycles. The van der Waals surface area contributed by atoms with Gasteiger partial charge in [-0.05, 0) is 35.4 Å². The molecular formula is C18H19BrClFN2. The molecule has 0 radical (unpaired) electrons. The predicted molar refractivity (Wildman–Crippen MR) is 96.1 cm³/mol. The number of hydrogen-bond acceptors (Lipinski definition) is 2. The Bertz CT molecular complexity index is 672. The first kappa shape index (κ1) is 16.9. The summed E-state index contributed by atoms with van der Waals surface area (Å²) in [6.07, 6.45) is 0. The van der Waals surface area contributed by atoms with Gasteiger partial charge in [0, 0.05) is 48.8 Å². The smallest absolute Gasteiger partial charge is 0.124 e.